The van der Waals surface area contributed by atoms with Gasteiger partial charge in [-0.3, -0.25) is 0 Å². The monoisotopic (exact) mass is 299 g/mol. The topological polar surface area (TPSA) is 72.9 Å². The van der Waals surface area contributed by atoms with Crippen LogP contribution in [0.15, 0.2) is 0 Å². The first kappa shape index (κ1) is 17.8. The lowest BCUT2D eigenvalue weighted by atomic mass is 9.75. The molecule has 0 heterocycles. The van der Waals surface area contributed by atoms with Crippen molar-refractivity contribution in [3.63, 3.8) is 0 Å². The third kappa shape index (κ3) is 4.09. The minimum absolute atomic E-state index is 0.0343. The lowest BCUT2D eigenvalue weighted by Crippen LogP contribution is -2.60. The van der Waals surface area contributed by atoms with Gasteiger partial charge in [0, 0.05) is 19.1 Å². The Balaban J connectivity index is 2.68. The number of carboxylic acids is 1. The standard InChI is InChI=1S/C15H29N3O3/c1-14(2,3)11(12(19)20)16-13(21)18(6)10-15(17(4)5)8-7-9-15/h11H,7-10H2,1-6H3,(H,16,21)(H,19,20)/t11-/m1/s1. The Morgan fingerprint density at radius 3 is 2.05 bits per heavy atom. The molecule has 0 bridgehead atoms. The lowest BCUT2D eigenvalue weighted by Gasteiger charge is -2.49. The van der Waals surface area contributed by atoms with E-state index in [9.17, 15) is 14.7 Å². The van der Waals surface area contributed by atoms with E-state index in [1.165, 1.54) is 6.42 Å². The van der Waals surface area contributed by atoms with Gasteiger partial charge in [-0.2, -0.15) is 0 Å². The minimum atomic E-state index is -1.00. The van der Waals surface area contributed by atoms with Gasteiger partial charge in [-0.05, 0) is 38.8 Å². The molecule has 0 aromatic heterocycles. The van der Waals surface area contributed by atoms with Crippen LogP contribution in [-0.2, 0) is 4.79 Å². The summed E-state index contributed by atoms with van der Waals surface area (Å²) in [7, 11) is 5.78. The Hall–Kier alpha value is -1.30. The molecule has 122 valence electrons. The van der Waals surface area contributed by atoms with E-state index < -0.39 is 17.4 Å². The number of carboxylic acid groups (broad SMARTS) is 1. The second kappa shape index (κ2) is 6.22. The van der Waals surface area contributed by atoms with Crippen molar-refractivity contribution >= 4 is 12.0 Å². The van der Waals surface area contributed by atoms with Crippen LogP contribution < -0.4 is 5.32 Å². The van der Waals surface area contributed by atoms with Gasteiger partial charge in [0.15, 0.2) is 0 Å². The van der Waals surface area contributed by atoms with E-state index in [1.807, 2.05) is 14.1 Å². The third-order valence-corrected chi connectivity index (χ3v) is 4.49. The number of rotatable bonds is 5. The Morgan fingerprint density at radius 1 is 1.24 bits per heavy atom. The number of nitrogens with one attached hydrogen (secondary N) is 1. The smallest absolute Gasteiger partial charge is 0.326 e. The molecule has 0 aromatic carbocycles. The van der Waals surface area contributed by atoms with Crippen molar-refractivity contribution in [1.82, 2.24) is 15.1 Å². The second-order valence-electron chi connectivity index (χ2n) is 7.42. The fraction of sp³-hybridized carbons (Fsp3) is 0.867. The third-order valence-electron chi connectivity index (χ3n) is 4.49. The summed E-state index contributed by atoms with van der Waals surface area (Å²) in [6.45, 7) is 6.03. The van der Waals surface area contributed by atoms with Crippen molar-refractivity contribution in [1.29, 1.82) is 0 Å². The Bertz CT molecular complexity index is 397. The number of carbonyl (C=O) groups excluding carboxylic acids is 1. The average Bonchev–Trinajstić information content (AvgIpc) is 2.27. The molecule has 0 aliphatic heterocycles. The van der Waals surface area contributed by atoms with Crippen molar-refractivity contribution in [2.24, 2.45) is 5.41 Å². The van der Waals surface area contributed by atoms with Gasteiger partial charge in [0.1, 0.15) is 6.04 Å². The molecule has 0 saturated heterocycles. The summed E-state index contributed by atoms with van der Waals surface area (Å²) in [5.74, 6) is -1.00. The first-order chi connectivity index (χ1) is 9.49. The molecule has 21 heavy (non-hydrogen) atoms. The molecule has 6 heteroatoms. The molecular formula is C15H29N3O3. The Morgan fingerprint density at radius 2 is 1.76 bits per heavy atom. The van der Waals surface area contributed by atoms with Gasteiger partial charge in [0.2, 0.25) is 0 Å². The molecule has 2 amide bonds. The van der Waals surface area contributed by atoms with E-state index in [0.29, 0.717) is 6.54 Å². The Kier molecular flexibility index (Phi) is 5.25. The zero-order valence-corrected chi connectivity index (χ0v) is 14.1. The maximum atomic E-state index is 12.3. The second-order valence-corrected chi connectivity index (χ2v) is 7.42. The predicted molar refractivity (Wildman–Crippen MR) is 82.3 cm³/mol. The van der Waals surface area contributed by atoms with Crippen LogP contribution in [0.5, 0.6) is 0 Å². The van der Waals surface area contributed by atoms with Crippen molar-refractivity contribution in [2.45, 2.75) is 51.6 Å². The number of hydrogen-bond acceptors (Lipinski definition) is 3. The number of urea groups is 1. The summed E-state index contributed by atoms with van der Waals surface area (Å²) in [6.07, 6.45) is 3.31. The van der Waals surface area contributed by atoms with Gasteiger partial charge in [0.25, 0.3) is 0 Å². The lowest BCUT2D eigenvalue weighted by molar-refractivity contribution is -0.142. The molecule has 1 atom stereocenters. The van der Waals surface area contributed by atoms with Gasteiger partial charge < -0.3 is 20.2 Å². The number of carbonyl (C=O) groups is 2. The highest BCUT2D eigenvalue weighted by Crippen LogP contribution is 2.36. The maximum Gasteiger partial charge on any atom is 0.326 e. The zero-order chi connectivity index (χ0) is 16.4. The first-order valence-corrected chi connectivity index (χ1v) is 7.41. The van der Waals surface area contributed by atoms with Crippen LogP contribution in [0.1, 0.15) is 40.0 Å². The quantitative estimate of drug-likeness (QED) is 0.809. The van der Waals surface area contributed by atoms with Crippen LogP contribution in [0.2, 0.25) is 0 Å². The summed E-state index contributed by atoms with van der Waals surface area (Å²) >= 11 is 0. The average molecular weight is 299 g/mol. The van der Waals surface area contributed by atoms with Crippen molar-refractivity contribution in [3.05, 3.63) is 0 Å². The number of hydrogen-bond donors (Lipinski definition) is 2. The number of nitrogens with zero attached hydrogens (tertiary/aromatic N) is 2. The molecule has 0 unspecified atom stereocenters. The minimum Gasteiger partial charge on any atom is -0.480 e. The molecule has 6 nitrogen and oxygen atoms in total. The number of amides is 2. The summed E-state index contributed by atoms with van der Waals surface area (Å²) < 4.78 is 0. The first-order valence-electron chi connectivity index (χ1n) is 7.41. The summed E-state index contributed by atoms with van der Waals surface area (Å²) in [5, 5.41) is 11.9. The van der Waals surface area contributed by atoms with Gasteiger partial charge in [-0.25, -0.2) is 9.59 Å². The fourth-order valence-corrected chi connectivity index (χ4v) is 2.73. The van der Waals surface area contributed by atoms with Crippen molar-refractivity contribution < 1.29 is 14.7 Å². The number of aliphatic carboxylic acids is 1. The van der Waals surface area contributed by atoms with Crippen molar-refractivity contribution in [3.8, 4) is 0 Å². The van der Waals surface area contributed by atoms with Crippen LogP contribution in [0.4, 0.5) is 4.79 Å². The highest BCUT2D eigenvalue weighted by molar-refractivity contribution is 5.83. The van der Waals surface area contributed by atoms with Crippen LogP contribution in [0, 0.1) is 5.41 Å². The molecule has 1 aliphatic rings. The Labute approximate surface area is 127 Å². The number of likely N-dealkylation sites (N-methyl/N-ethyl adjacent to an activating group) is 2. The van der Waals surface area contributed by atoms with Gasteiger partial charge >= 0.3 is 12.0 Å². The molecule has 0 aromatic rings. The molecule has 1 rings (SSSR count). The van der Waals surface area contributed by atoms with E-state index >= 15 is 0 Å². The van der Waals surface area contributed by atoms with Crippen LogP contribution in [0.3, 0.4) is 0 Å². The molecule has 1 saturated carbocycles. The van der Waals surface area contributed by atoms with Crippen LogP contribution in [0.25, 0.3) is 0 Å². The molecule has 0 spiro atoms. The van der Waals surface area contributed by atoms with Gasteiger partial charge in [-0.15, -0.1) is 0 Å². The predicted octanol–water partition coefficient (Wildman–Crippen LogP) is 1.61. The highest BCUT2D eigenvalue weighted by atomic mass is 16.4. The van der Waals surface area contributed by atoms with Gasteiger partial charge in [-0.1, -0.05) is 20.8 Å². The largest absolute Gasteiger partial charge is 0.480 e. The molecule has 1 fully saturated rings. The molecule has 0 radical (unpaired) electrons. The molecule has 1 aliphatic carbocycles. The van der Waals surface area contributed by atoms with Crippen LogP contribution in [-0.4, -0.2) is 66.2 Å². The zero-order valence-electron chi connectivity index (χ0n) is 14.1. The van der Waals surface area contributed by atoms with Crippen LogP contribution >= 0.6 is 0 Å². The summed E-state index contributed by atoms with van der Waals surface area (Å²) in [5.41, 5.74) is -0.495. The molecular weight excluding hydrogens is 270 g/mol. The van der Waals surface area contributed by atoms with E-state index in [-0.39, 0.29) is 11.6 Å². The van der Waals surface area contributed by atoms with Crippen molar-refractivity contribution in [2.75, 3.05) is 27.7 Å². The van der Waals surface area contributed by atoms with Gasteiger partial charge in [0.05, 0.1) is 0 Å². The highest BCUT2D eigenvalue weighted by Gasteiger charge is 2.41. The van der Waals surface area contributed by atoms with E-state index in [4.69, 9.17) is 0 Å². The SMILES string of the molecule is CN(CC1(N(C)C)CCC1)C(=O)N[C@H](C(=O)O)C(C)(C)C. The maximum absolute atomic E-state index is 12.3. The normalized spacial score (nSPS) is 18.8. The summed E-state index contributed by atoms with van der Waals surface area (Å²) in [4.78, 5) is 27.4. The van der Waals surface area contributed by atoms with E-state index in [2.05, 4.69) is 10.2 Å². The fourth-order valence-electron chi connectivity index (χ4n) is 2.73. The summed E-state index contributed by atoms with van der Waals surface area (Å²) in [6, 6.07) is -1.23. The molecule has 2 N–H and O–H groups in total. The van der Waals surface area contributed by atoms with E-state index in [0.717, 1.165) is 12.8 Å². The van der Waals surface area contributed by atoms with E-state index in [1.54, 1.807) is 32.7 Å².